The molecule has 3 rings (SSSR count). The molecule has 0 aliphatic carbocycles. The number of hydrogen-bond donors (Lipinski definition) is 1. The third-order valence-corrected chi connectivity index (χ3v) is 4.90. The molecule has 27 heavy (non-hydrogen) atoms. The zero-order valence-corrected chi connectivity index (χ0v) is 17.8. The number of rotatable bonds is 7. The summed E-state index contributed by atoms with van der Waals surface area (Å²) in [7, 11) is 1.50. The molecule has 2 aromatic rings. The molecule has 2 unspecified atom stereocenters. The molecule has 7 nitrogen and oxygen atoms in total. The normalized spacial score (nSPS) is 15.8. The Bertz CT molecular complexity index is 828. The summed E-state index contributed by atoms with van der Waals surface area (Å²) in [6.07, 6.45) is 1.54. The molecule has 1 aliphatic heterocycles. The van der Waals surface area contributed by atoms with Gasteiger partial charge in [-0.05, 0) is 18.2 Å². The number of nitrogens with one attached hydrogen (secondary N) is 1. The molecule has 0 fully saturated rings. The van der Waals surface area contributed by atoms with Crippen LogP contribution in [-0.4, -0.2) is 35.5 Å². The van der Waals surface area contributed by atoms with E-state index in [4.69, 9.17) is 9.47 Å². The van der Waals surface area contributed by atoms with Crippen molar-refractivity contribution >= 4 is 22.2 Å². The van der Waals surface area contributed by atoms with E-state index in [1.807, 2.05) is 0 Å². The number of halogens is 2. The van der Waals surface area contributed by atoms with Gasteiger partial charge in [-0.3, -0.25) is 9.19 Å². The van der Waals surface area contributed by atoms with E-state index in [9.17, 15) is 13.0 Å². The molecule has 140 valence electrons. The fraction of sp³-hybridized carbons (Fsp3) is 0.312. The number of ether oxygens (including phenoxy) is 3. The van der Waals surface area contributed by atoms with Gasteiger partial charge in [0.05, 0.1) is 25.7 Å². The van der Waals surface area contributed by atoms with Crippen LogP contribution in [0.25, 0.3) is 5.32 Å². The number of fused-ring (bicyclic) bond motifs is 1. The molecule has 1 N–H and O–H groups in total. The first-order valence-corrected chi connectivity index (χ1v) is 8.89. The number of anilines is 1. The molecule has 0 bridgehead atoms. The number of hydrogen-bond acceptors (Lipinski definition) is 6. The van der Waals surface area contributed by atoms with Crippen LogP contribution in [0.15, 0.2) is 30.5 Å². The Hall–Kier alpha value is -1.62. The van der Waals surface area contributed by atoms with Gasteiger partial charge < -0.3 is 24.8 Å². The minimum atomic E-state index is -2.92. The van der Waals surface area contributed by atoms with E-state index in [-0.39, 0.29) is 41.1 Å². The summed E-state index contributed by atoms with van der Waals surface area (Å²) in [5.74, 6) is 0.969. The van der Waals surface area contributed by atoms with Crippen LogP contribution in [0.3, 0.4) is 0 Å². The predicted molar refractivity (Wildman–Crippen MR) is 92.7 cm³/mol. The Labute approximate surface area is 179 Å². The molecule has 1 aromatic carbocycles. The van der Waals surface area contributed by atoms with Gasteiger partial charge in [0.2, 0.25) is 0 Å². The van der Waals surface area contributed by atoms with Crippen LogP contribution in [0.4, 0.5) is 20.2 Å². The summed E-state index contributed by atoms with van der Waals surface area (Å²) in [5, 5.41) is 7.27. The van der Waals surface area contributed by atoms with Gasteiger partial charge in [-0.15, -0.1) is 5.69 Å². The van der Waals surface area contributed by atoms with Gasteiger partial charge in [-0.2, -0.15) is 8.78 Å². The zero-order valence-electron chi connectivity index (χ0n) is 14.9. The van der Waals surface area contributed by atoms with Crippen molar-refractivity contribution in [2.45, 2.75) is 17.9 Å². The summed E-state index contributed by atoms with van der Waals surface area (Å²) in [6.45, 7) is -2.92. The van der Waals surface area contributed by atoms with Gasteiger partial charge in [-0.1, -0.05) is 0 Å². The van der Waals surface area contributed by atoms with Crippen LogP contribution in [0.1, 0.15) is 5.69 Å². The van der Waals surface area contributed by atoms with Crippen molar-refractivity contribution < 1.29 is 56.8 Å². The van der Waals surface area contributed by atoms with Crippen LogP contribution in [-0.2, 0) is 16.6 Å². The number of aromatic nitrogens is 1. The Balaban J connectivity index is 0.00000261. The van der Waals surface area contributed by atoms with Gasteiger partial charge in [-0.25, -0.2) is 0 Å². The standard InChI is InChI=1S/C16H16F2N3O4S.Na/c1-23-13-5-6-19-12(14(13)24-2)8-26(22)16-20-10-4-3-9(25-15(17)18)7-11(10)21-16;/h3-7,15-16,20H,8H2,1-2H3;/q-1;+1. The van der Waals surface area contributed by atoms with Crippen molar-refractivity contribution in [2.75, 3.05) is 19.5 Å². The van der Waals surface area contributed by atoms with Gasteiger partial charge in [0, 0.05) is 34.2 Å². The second-order valence-corrected chi connectivity index (χ2v) is 6.70. The van der Waals surface area contributed by atoms with Gasteiger partial charge >= 0.3 is 36.2 Å². The molecule has 2 heterocycles. The Morgan fingerprint density at radius 1 is 1.30 bits per heavy atom. The minimum absolute atomic E-state index is 0. The van der Waals surface area contributed by atoms with Gasteiger partial charge in [0.1, 0.15) is 5.75 Å². The van der Waals surface area contributed by atoms with E-state index >= 15 is 0 Å². The summed E-state index contributed by atoms with van der Waals surface area (Å²) in [4.78, 5) is 4.19. The number of alkyl halides is 2. The summed E-state index contributed by atoms with van der Waals surface area (Å²) >= 11 is 0. The Morgan fingerprint density at radius 3 is 2.74 bits per heavy atom. The van der Waals surface area contributed by atoms with Crippen molar-refractivity contribution in [1.29, 1.82) is 0 Å². The van der Waals surface area contributed by atoms with Crippen LogP contribution in [0, 0.1) is 0 Å². The van der Waals surface area contributed by atoms with Crippen LogP contribution in [0.5, 0.6) is 17.2 Å². The fourth-order valence-electron chi connectivity index (χ4n) is 2.50. The van der Waals surface area contributed by atoms with Crippen molar-refractivity contribution in [1.82, 2.24) is 4.98 Å². The molecular formula is C16H16F2N3NaO4S. The second kappa shape index (κ2) is 9.54. The van der Waals surface area contributed by atoms with E-state index in [0.717, 1.165) is 0 Å². The van der Waals surface area contributed by atoms with Gasteiger partial charge in [0.15, 0.2) is 11.5 Å². The summed E-state index contributed by atoms with van der Waals surface area (Å²) in [5.41, 5.74) is 0.743. The number of benzene rings is 1. The Kier molecular flexibility index (Phi) is 7.66. The molecule has 0 saturated heterocycles. The average Bonchev–Trinajstić information content (AvgIpc) is 3.04. The van der Waals surface area contributed by atoms with E-state index in [1.165, 1.54) is 32.5 Å². The van der Waals surface area contributed by atoms with E-state index in [2.05, 4.69) is 20.4 Å². The molecule has 0 saturated carbocycles. The van der Waals surface area contributed by atoms with Crippen LogP contribution in [0.2, 0.25) is 0 Å². The largest absolute Gasteiger partial charge is 1.00 e. The smallest absolute Gasteiger partial charge is 0.653 e. The molecule has 2 atom stereocenters. The van der Waals surface area contributed by atoms with E-state index in [1.54, 1.807) is 12.1 Å². The monoisotopic (exact) mass is 407 g/mol. The molecule has 1 aromatic heterocycles. The maximum atomic E-state index is 12.7. The average molecular weight is 407 g/mol. The summed E-state index contributed by atoms with van der Waals surface area (Å²) < 4.78 is 52.1. The molecule has 0 radical (unpaired) electrons. The predicted octanol–water partition coefficient (Wildman–Crippen LogP) is 0.367. The number of pyridine rings is 1. The van der Waals surface area contributed by atoms with Crippen molar-refractivity contribution in [2.24, 2.45) is 0 Å². The molecule has 1 aliphatic rings. The van der Waals surface area contributed by atoms with Crippen molar-refractivity contribution in [3.05, 3.63) is 41.5 Å². The first-order chi connectivity index (χ1) is 12.5. The second-order valence-electron chi connectivity index (χ2n) is 5.20. The maximum Gasteiger partial charge on any atom is 1.00 e. The number of nitrogens with zero attached hydrogens (tertiary/aromatic N) is 2. The third kappa shape index (κ3) is 5.01. The molecule has 11 heteroatoms. The first-order valence-electron chi connectivity index (χ1n) is 7.51. The number of methoxy groups -OCH3 is 2. The molecule has 0 spiro atoms. The molecule has 0 amide bonds. The third-order valence-electron chi connectivity index (χ3n) is 3.62. The Morgan fingerprint density at radius 2 is 2.07 bits per heavy atom. The van der Waals surface area contributed by atoms with Gasteiger partial charge in [0.25, 0.3) is 0 Å². The summed E-state index contributed by atoms with van der Waals surface area (Å²) in [6, 6.07) is 5.96. The first kappa shape index (κ1) is 21.7. The minimum Gasteiger partial charge on any atom is -0.653 e. The van der Waals surface area contributed by atoms with Crippen molar-refractivity contribution in [3.8, 4) is 17.2 Å². The van der Waals surface area contributed by atoms with E-state index < -0.39 is 22.9 Å². The topological polar surface area (TPSA) is 83.8 Å². The fourth-order valence-corrected chi connectivity index (χ4v) is 3.62. The van der Waals surface area contributed by atoms with Crippen molar-refractivity contribution in [3.63, 3.8) is 0 Å². The maximum absolute atomic E-state index is 12.7. The molecular weight excluding hydrogens is 391 g/mol. The quantitative estimate of drug-likeness (QED) is 0.668. The van der Waals surface area contributed by atoms with Crippen LogP contribution >= 0.6 is 0 Å². The van der Waals surface area contributed by atoms with Crippen LogP contribution < -0.4 is 49.1 Å². The SMILES string of the molecule is COc1ccnc(CS(=O)C2[N-]c3cc(OC(F)F)ccc3N2)c1OC.[Na+]. The zero-order chi connectivity index (χ0) is 18.7. The van der Waals surface area contributed by atoms with E-state index in [0.29, 0.717) is 28.6 Å².